The molecule has 2 aromatic carbocycles. The number of hydrogen-bond donors (Lipinski definition) is 1. The standard InChI is InChI=1S/C15H15F2NO/c1-10(18)8-11-2-4-12(5-3-11)19-13-6-7-14(16)15(17)9-13/h2-7,9-10H,8,18H2,1H3. The smallest absolute Gasteiger partial charge is 0.162 e. The predicted molar refractivity (Wildman–Crippen MR) is 70.2 cm³/mol. The molecule has 1 atom stereocenters. The maximum absolute atomic E-state index is 13.0. The maximum atomic E-state index is 13.0. The lowest BCUT2D eigenvalue weighted by atomic mass is 10.1. The van der Waals surface area contributed by atoms with Crippen molar-refractivity contribution in [2.45, 2.75) is 19.4 Å². The number of hydrogen-bond acceptors (Lipinski definition) is 2. The van der Waals surface area contributed by atoms with Crippen LogP contribution in [-0.4, -0.2) is 6.04 Å². The molecule has 0 aromatic heterocycles. The first kappa shape index (κ1) is 13.5. The Morgan fingerprint density at radius 2 is 1.63 bits per heavy atom. The lowest BCUT2D eigenvalue weighted by Crippen LogP contribution is -2.17. The van der Waals surface area contributed by atoms with E-state index in [0.717, 1.165) is 24.1 Å². The zero-order chi connectivity index (χ0) is 13.8. The van der Waals surface area contributed by atoms with Gasteiger partial charge in [-0.05, 0) is 43.2 Å². The molecule has 0 aliphatic heterocycles. The fraction of sp³-hybridized carbons (Fsp3) is 0.200. The van der Waals surface area contributed by atoms with Crippen LogP contribution >= 0.6 is 0 Å². The fourth-order valence-corrected chi connectivity index (χ4v) is 1.74. The predicted octanol–water partition coefficient (Wildman–Crippen LogP) is 3.65. The van der Waals surface area contributed by atoms with Crippen molar-refractivity contribution in [1.29, 1.82) is 0 Å². The Morgan fingerprint density at radius 1 is 1.00 bits per heavy atom. The molecular formula is C15H15F2NO. The molecule has 0 radical (unpaired) electrons. The van der Waals surface area contributed by atoms with Crippen LogP contribution in [0.4, 0.5) is 8.78 Å². The van der Waals surface area contributed by atoms with Crippen molar-refractivity contribution in [3.8, 4) is 11.5 Å². The highest BCUT2D eigenvalue weighted by molar-refractivity contribution is 5.33. The van der Waals surface area contributed by atoms with Crippen molar-refractivity contribution in [3.63, 3.8) is 0 Å². The Labute approximate surface area is 110 Å². The fourth-order valence-electron chi connectivity index (χ4n) is 1.74. The number of benzene rings is 2. The second kappa shape index (κ2) is 5.80. The molecule has 19 heavy (non-hydrogen) atoms. The molecule has 1 unspecified atom stereocenters. The van der Waals surface area contributed by atoms with Gasteiger partial charge in [0.05, 0.1) is 0 Å². The normalized spacial score (nSPS) is 12.2. The van der Waals surface area contributed by atoms with E-state index in [1.807, 2.05) is 19.1 Å². The molecule has 100 valence electrons. The van der Waals surface area contributed by atoms with Gasteiger partial charge in [-0.1, -0.05) is 12.1 Å². The second-order valence-electron chi connectivity index (χ2n) is 4.50. The van der Waals surface area contributed by atoms with Crippen molar-refractivity contribution < 1.29 is 13.5 Å². The molecule has 0 saturated heterocycles. The zero-order valence-corrected chi connectivity index (χ0v) is 10.6. The maximum Gasteiger partial charge on any atom is 0.162 e. The molecule has 0 heterocycles. The van der Waals surface area contributed by atoms with Gasteiger partial charge in [-0.25, -0.2) is 8.78 Å². The molecular weight excluding hydrogens is 248 g/mol. The summed E-state index contributed by atoms with van der Waals surface area (Å²) in [6.07, 6.45) is 0.783. The Bertz CT molecular complexity index is 553. The number of rotatable bonds is 4. The van der Waals surface area contributed by atoms with Crippen molar-refractivity contribution in [2.24, 2.45) is 5.73 Å². The van der Waals surface area contributed by atoms with Crippen molar-refractivity contribution in [3.05, 3.63) is 59.7 Å². The van der Waals surface area contributed by atoms with Crippen molar-refractivity contribution in [2.75, 3.05) is 0 Å². The summed E-state index contributed by atoms with van der Waals surface area (Å²) in [6.45, 7) is 1.94. The van der Waals surface area contributed by atoms with Crippen LogP contribution in [0.25, 0.3) is 0 Å². The third-order valence-corrected chi connectivity index (χ3v) is 2.61. The van der Waals surface area contributed by atoms with E-state index in [1.54, 1.807) is 12.1 Å². The Balaban J connectivity index is 2.08. The molecule has 2 N–H and O–H groups in total. The third-order valence-electron chi connectivity index (χ3n) is 2.61. The van der Waals surface area contributed by atoms with E-state index in [-0.39, 0.29) is 11.8 Å². The van der Waals surface area contributed by atoms with Crippen LogP contribution in [-0.2, 0) is 6.42 Å². The molecule has 0 fully saturated rings. The van der Waals surface area contributed by atoms with E-state index in [9.17, 15) is 8.78 Å². The van der Waals surface area contributed by atoms with E-state index in [2.05, 4.69) is 0 Å². The SMILES string of the molecule is CC(N)Cc1ccc(Oc2ccc(F)c(F)c2)cc1. The van der Waals surface area contributed by atoms with Gasteiger partial charge >= 0.3 is 0 Å². The van der Waals surface area contributed by atoms with Crippen LogP contribution in [0.3, 0.4) is 0 Å². The van der Waals surface area contributed by atoms with Gasteiger partial charge in [-0.3, -0.25) is 0 Å². The lowest BCUT2D eigenvalue weighted by molar-refractivity contribution is 0.461. The van der Waals surface area contributed by atoms with Crippen LogP contribution in [0.15, 0.2) is 42.5 Å². The molecule has 4 heteroatoms. The zero-order valence-electron chi connectivity index (χ0n) is 10.6. The number of halogens is 2. The molecule has 2 rings (SSSR count). The van der Waals surface area contributed by atoms with Crippen LogP contribution in [0.5, 0.6) is 11.5 Å². The van der Waals surface area contributed by atoms with Crippen LogP contribution in [0.1, 0.15) is 12.5 Å². The summed E-state index contributed by atoms with van der Waals surface area (Å²) in [4.78, 5) is 0. The Hall–Kier alpha value is -1.94. The molecule has 0 aliphatic rings. The summed E-state index contributed by atoms with van der Waals surface area (Å²) in [7, 11) is 0. The van der Waals surface area contributed by atoms with Gasteiger partial charge < -0.3 is 10.5 Å². The molecule has 0 aliphatic carbocycles. The van der Waals surface area contributed by atoms with E-state index < -0.39 is 11.6 Å². The average molecular weight is 263 g/mol. The van der Waals surface area contributed by atoms with E-state index >= 15 is 0 Å². The van der Waals surface area contributed by atoms with Gasteiger partial charge in [0, 0.05) is 12.1 Å². The molecule has 0 bridgehead atoms. The first-order valence-electron chi connectivity index (χ1n) is 6.02. The minimum absolute atomic E-state index is 0.0953. The van der Waals surface area contributed by atoms with Gasteiger partial charge in [0.1, 0.15) is 11.5 Å². The first-order chi connectivity index (χ1) is 9.04. The topological polar surface area (TPSA) is 35.2 Å². The number of ether oxygens (including phenoxy) is 1. The summed E-state index contributed by atoms with van der Waals surface area (Å²) in [6, 6.07) is 10.9. The van der Waals surface area contributed by atoms with Gasteiger partial charge in [0.2, 0.25) is 0 Å². The molecule has 0 spiro atoms. The summed E-state index contributed by atoms with van der Waals surface area (Å²) < 4.78 is 31.2. The van der Waals surface area contributed by atoms with Crippen molar-refractivity contribution in [1.82, 2.24) is 0 Å². The van der Waals surface area contributed by atoms with E-state index in [4.69, 9.17) is 10.5 Å². The highest BCUT2D eigenvalue weighted by atomic mass is 19.2. The Morgan fingerprint density at radius 3 is 2.21 bits per heavy atom. The summed E-state index contributed by atoms with van der Waals surface area (Å²) in [5.74, 6) is -0.982. The quantitative estimate of drug-likeness (QED) is 0.913. The summed E-state index contributed by atoms with van der Waals surface area (Å²) >= 11 is 0. The van der Waals surface area contributed by atoms with E-state index in [1.165, 1.54) is 6.07 Å². The van der Waals surface area contributed by atoms with Crippen LogP contribution in [0, 0.1) is 11.6 Å². The Kier molecular flexibility index (Phi) is 4.12. The van der Waals surface area contributed by atoms with Crippen LogP contribution < -0.4 is 10.5 Å². The largest absolute Gasteiger partial charge is 0.457 e. The minimum Gasteiger partial charge on any atom is -0.457 e. The van der Waals surface area contributed by atoms with Gasteiger partial charge in [0.15, 0.2) is 11.6 Å². The summed E-state index contributed by atoms with van der Waals surface area (Å²) in [5.41, 5.74) is 6.81. The van der Waals surface area contributed by atoms with Gasteiger partial charge in [-0.2, -0.15) is 0 Å². The first-order valence-corrected chi connectivity index (χ1v) is 6.02. The average Bonchev–Trinajstić information content (AvgIpc) is 2.36. The second-order valence-corrected chi connectivity index (χ2v) is 4.50. The highest BCUT2D eigenvalue weighted by Gasteiger charge is 2.04. The summed E-state index contributed by atoms with van der Waals surface area (Å²) in [5, 5.41) is 0. The molecule has 0 saturated carbocycles. The third kappa shape index (κ3) is 3.76. The lowest BCUT2D eigenvalue weighted by Gasteiger charge is -2.08. The molecule has 2 aromatic rings. The number of nitrogens with two attached hydrogens (primary N) is 1. The van der Waals surface area contributed by atoms with Gasteiger partial charge in [-0.15, -0.1) is 0 Å². The monoisotopic (exact) mass is 263 g/mol. The van der Waals surface area contributed by atoms with Crippen molar-refractivity contribution >= 4 is 0 Å². The van der Waals surface area contributed by atoms with E-state index in [0.29, 0.717) is 5.75 Å². The molecule has 2 nitrogen and oxygen atoms in total. The molecule has 0 amide bonds. The highest BCUT2D eigenvalue weighted by Crippen LogP contribution is 2.23. The minimum atomic E-state index is -0.925. The van der Waals surface area contributed by atoms with Crippen LogP contribution in [0.2, 0.25) is 0 Å². The van der Waals surface area contributed by atoms with Gasteiger partial charge in [0.25, 0.3) is 0 Å².